The molecule has 0 radical (unpaired) electrons. The van der Waals surface area contributed by atoms with Gasteiger partial charge in [-0.25, -0.2) is 9.79 Å². The first-order chi connectivity index (χ1) is 10.5. The summed E-state index contributed by atoms with van der Waals surface area (Å²) in [6.07, 6.45) is 2.91. The van der Waals surface area contributed by atoms with Gasteiger partial charge < -0.3 is 15.6 Å². The van der Waals surface area contributed by atoms with Crippen LogP contribution in [0, 0.1) is 0 Å². The van der Waals surface area contributed by atoms with E-state index in [1.165, 1.54) is 0 Å². The van der Waals surface area contributed by atoms with E-state index in [0.29, 0.717) is 12.4 Å². The van der Waals surface area contributed by atoms with Gasteiger partial charge in [0.1, 0.15) is 5.70 Å². The Morgan fingerprint density at radius 2 is 1.91 bits per heavy atom. The number of nitrogens with zero attached hydrogens (tertiary/aromatic N) is 1. The van der Waals surface area contributed by atoms with E-state index < -0.39 is 11.9 Å². The molecule has 6 heteroatoms. The largest absolute Gasteiger partial charge is 0.481 e. The molecule has 22 heavy (non-hydrogen) atoms. The first-order valence-corrected chi connectivity index (χ1v) is 7.01. The van der Waals surface area contributed by atoms with Gasteiger partial charge in [-0.3, -0.25) is 4.79 Å². The van der Waals surface area contributed by atoms with Crippen molar-refractivity contribution in [2.24, 2.45) is 10.7 Å². The highest BCUT2D eigenvalue weighted by atomic mass is 16.6. The number of benzene rings is 1. The number of aliphatic carboxylic acids is 1. The fourth-order valence-corrected chi connectivity index (χ4v) is 1.64. The summed E-state index contributed by atoms with van der Waals surface area (Å²) in [5, 5.41) is 8.18. The van der Waals surface area contributed by atoms with E-state index >= 15 is 0 Å². The number of nitrogens with two attached hydrogens (primary N) is 1. The number of ether oxygens (including phenoxy) is 1. The van der Waals surface area contributed by atoms with Gasteiger partial charge in [0.2, 0.25) is 5.90 Å². The van der Waals surface area contributed by atoms with E-state index in [4.69, 9.17) is 15.6 Å². The number of hydrogen-bond acceptors (Lipinski definition) is 5. The number of unbranched alkanes of at least 4 members (excludes halogenated alkanes) is 2. The topological polar surface area (TPSA) is 102 Å². The zero-order valence-electron chi connectivity index (χ0n) is 12.3. The van der Waals surface area contributed by atoms with Crippen LogP contribution in [0.1, 0.15) is 31.2 Å². The molecule has 0 saturated carbocycles. The maximum atomic E-state index is 10.9. The van der Waals surface area contributed by atoms with Crippen LogP contribution in [0.5, 0.6) is 0 Å². The smallest absolute Gasteiger partial charge is 0.363 e. The Hall–Kier alpha value is -2.47. The number of carbonyl (C=O) groups excluding carboxylic acids is 1. The van der Waals surface area contributed by atoms with Crippen molar-refractivity contribution in [2.45, 2.75) is 25.7 Å². The molecule has 1 aliphatic rings. The number of rotatable bonds is 6. The molecule has 0 saturated heterocycles. The number of carboxylic acid groups (broad SMARTS) is 1. The van der Waals surface area contributed by atoms with E-state index in [-0.39, 0.29) is 12.1 Å². The standard InChI is InChI=1S/C10H7NO2.C6H13NO2/c1-7-10(12)13-9(11-7)8-5-3-2-4-6-8;7-5-3-1-2-4-6(8)9/h2-6H,1H2;1-5,7H2,(H,8,9). The third-order valence-corrected chi connectivity index (χ3v) is 2.78. The molecule has 2 rings (SSSR count). The van der Waals surface area contributed by atoms with E-state index in [2.05, 4.69) is 11.6 Å². The molecule has 0 aliphatic carbocycles. The van der Waals surface area contributed by atoms with Crippen molar-refractivity contribution in [2.75, 3.05) is 6.54 Å². The van der Waals surface area contributed by atoms with Gasteiger partial charge in [0.05, 0.1) is 0 Å². The second-order valence-electron chi connectivity index (χ2n) is 4.61. The predicted molar refractivity (Wildman–Crippen MR) is 83.4 cm³/mol. The number of hydrogen-bond donors (Lipinski definition) is 2. The molecule has 1 aliphatic heterocycles. The first-order valence-electron chi connectivity index (χ1n) is 7.01. The molecular formula is C16H20N2O4. The maximum absolute atomic E-state index is 10.9. The number of cyclic esters (lactones) is 1. The van der Waals surface area contributed by atoms with Crippen LogP contribution in [0.15, 0.2) is 47.6 Å². The summed E-state index contributed by atoms with van der Waals surface area (Å²) in [4.78, 5) is 24.7. The molecule has 1 aromatic carbocycles. The fourth-order valence-electron chi connectivity index (χ4n) is 1.64. The van der Waals surface area contributed by atoms with E-state index in [0.717, 1.165) is 24.8 Å². The summed E-state index contributed by atoms with van der Waals surface area (Å²) in [5.74, 6) is -0.860. The average Bonchev–Trinajstić information content (AvgIpc) is 2.85. The molecule has 0 aromatic heterocycles. The second kappa shape index (κ2) is 9.46. The summed E-state index contributed by atoms with van der Waals surface area (Å²) in [5.41, 5.74) is 6.14. The first kappa shape index (κ1) is 17.6. The van der Waals surface area contributed by atoms with Gasteiger partial charge in [0.15, 0.2) is 0 Å². The molecule has 0 amide bonds. The molecule has 6 nitrogen and oxygen atoms in total. The summed E-state index contributed by atoms with van der Waals surface area (Å²) in [6, 6.07) is 9.24. The van der Waals surface area contributed by atoms with Gasteiger partial charge in [-0.2, -0.15) is 0 Å². The minimum atomic E-state index is -0.716. The van der Waals surface area contributed by atoms with Crippen molar-refractivity contribution in [1.82, 2.24) is 0 Å². The van der Waals surface area contributed by atoms with Crippen LogP contribution in [-0.2, 0) is 14.3 Å². The van der Waals surface area contributed by atoms with Gasteiger partial charge >= 0.3 is 11.9 Å². The lowest BCUT2D eigenvalue weighted by Crippen LogP contribution is -2.04. The minimum absolute atomic E-state index is 0.152. The second-order valence-corrected chi connectivity index (χ2v) is 4.61. The van der Waals surface area contributed by atoms with E-state index in [1.807, 2.05) is 30.3 Å². The van der Waals surface area contributed by atoms with Crippen LogP contribution in [0.2, 0.25) is 0 Å². The molecule has 118 valence electrons. The highest BCUT2D eigenvalue weighted by Crippen LogP contribution is 2.13. The van der Waals surface area contributed by atoms with Gasteiger partial charge in [-0.1, -0.05) is 31.2 Å². The van der Waals surface area contributed by atoms with Crippen LogP contribution >= 0.6 is 0 Å². The Balaban J connectivity index is 0.000000239. The molecular weight excluding hydrogens is 284 g/mol. The molecule has 0 unspecified atom stereocenters. The van der Waals surface area contributed by atoms with Crippen LogP contribution in [0.4, 0.5) is 0 Å². The van der Waals surface area contributed by atoms with Crippen molar-refractivity contribution < 1.29 is 19.4 Å². The lowest BCUT2D eigenvalue weighted by Gasteiger charge is -1.96. The van der Waals surface area contributed by atoms with Crippen molar-refractivity contribution in [3.05, 3.63) is 48.2 Å². The van der Waals surface area contributed by atoms with Gasteiger partial charge in [-0.15, -0.1) is 0 Å². The lowest BCUT2D eigenvalue weighted by molar-refractivity contribution is -0.137. The lowest BCUT2D eigenvalue weighted by atomic mass is 10.2. The fraction of sp³-hybridized carbons (Fsp3) is 0.312. The molecule has 0 fully saturated rings. The van der Waals surface area contributed by atoms with E-state index in [9.17, 15) is 9.59 Å². The highest BCUT2D eigenvalue weighted by Gasteiger charge is 2.21. The van der Waals surface area contributed by atoms with E-state index in [1.54, 1.807) is 0 Å². The number of carboxylic acids is 1. The van der Waals surface area contributed by atoms with Crippen LogP contribution in [0.3, 0.4) is 0 Å². The molecule has 0 atom stereocenters. The monoisotopic (exact) mass is 304 g/mol. The summed E-state index contributed by atoms with van der Waals surface area (Å²) in [7, 11) is 0. The number of esters is 1. The SMILES string of the molecule is C=C1N=C(c2ccccc2)OC1=O.NCCCCCC(=O)O. The Morgan fingerprint density at radius 1 is 1.23 bits per heavy atom. The third-order valence-electron chi connectivity index (χ3n) is 2.78. The van der Waals surface area contributed by atoms with Crippen LogP contribution in [-0.4, -0.2) is 29.5 Å². The molecule has 3 N–H and O–H groups in total. The molecule has 1 aromatic rings. The van der Waals surface area contributed by atoms with Gasteiger partial charge in [-0.05, 0) is 31.5 Å². The number of carbonyl (C=O) groups is 2. The highest BCUT2D eigenvalue weighted by molar-refractivity contribution is 6.10. The minimum Gasteiger partial charge on any atom is -0.481 e. The Kier molecular flexibility index (Phi) is 7.56. The summed E-state index contributed by atoms with van der Waals surface area (Å²) in [6.45, 7) is 4.12. The van der Waals surface area contributed by atoms with Gasteiger partial charge in [0, 0.05) is 12.0 Å². The van der Waals surface area contributed by atoms with Crippen LogP contribution in [0.25, 0.3) is 0 Å². The molecule has 0 bridgehead atoms. The summed E-state index contributed by atoms with van der Waals surface area (Å²) >= 11 is 0. The predicted octanol–water partition coefficient (Wildman–Crippen LogP) is 2.09. The molecule has 0 spiro atoms. The van der Waals surface area contributed by atoms with Crippen molar-refractivity contribution in [1.29, 1.82) is 0 Å². The quantitative estimate of drug-likeness (QED) is 0.476. The third kappa shape index (κ3) is 6.32. The van der Waals surface area contributed by atoms with Crippen LogP contribution < -0.4 is 5.73 Å². The molecule has 1 heterocycles. The Labute approximate surface area is 129 Å². The maximum Gasteiger partial charge on any atom is 0.363 e. The number of aliphatic imine (C=N–C) groups is 1. The van der Waals surface area contributed by atoms with Crippen molar-refractivity contribution in [3.8, 4) is 0 Å². The Bertz CT molecular complexity index is 553. The Morgan fingerprint density at radius 3 is 2.41 bits per heavy atom. The zero-order chi connectivity index (χ0) is 16.4. The van der Waals surface area contributed by atoms with Crippen molar-refractivity contribution in [3.63, 3.8) is 0 Å². The van der Waals surface area contributed by atoms with Crippen molar-refractivity contribution >= 4 is 17.8 Å². The normalized spacial score (nSPS) is 13.0. The van der Waals surface area contributed by atoms with Gasteiger partial charge in [0.25, 0.3) is 0 Å². The zero-order valence-corrected chi connectivity index (χ0v) is 12.3. The average molecular weight is 304 g/mol. The summed E-state index contributed by atoms with van der Waals surface area (Å²) < 4.78 is 4.87.